The van der Waals surface area contributed by atoms with Gasteiger partial charge in [-0.3, -0.25) is 4.79 Å². The van der Waals surface area contributed by atoms with E-state index in [-0.39, 0.29) is 5.91 Å². The minimum atomic E-state index is -0.0529. The number of carbonyl (C=O) groups is 1. The summed E-state index contributed by atoms with van der Waals surface area (Å²) in [6.45, 7) is 9.18. The van der Waals surface area contributed by atoms with E-state index in [1.54, 1.807) is 0 Å². The highest BCUT2D eigenvalue weighted by Gasteiger charge is 2.19. The van der Waals surface area contributed by atoms with E-state index in [9.17, 15) is 4.79 Å². The number of para-hydroxylation sites is 1. The van der Waals surface area contributed by atoms with E-state index in [0.29, 0.717) is 5.92 Å². The van der Waals surface area contributed by atoms with Gasteiger partial charge in [-0.1, -0.05) is 44.2 Å². The molecule has 0 bridgehead atoms. The number of carbonyl (C=O) groups excluding carboxylic acids is 1. The molecular weight excluding hydrogens is 296 g/mol. The van der Waals surface area contributed by atoms with Gasteiger partial charge < -0.3 is 9.88 Å². The molecule has 0 saturated carbocycles. The molecule has 0 aliphatic rings. The van der Waals surface area contributed by atoms with Crippen LogP contribution in [0.15, 0.2) is 48.5 Å². The van der Waals surface area contributed by atoms with Crippen LogP contribution in [-0.2, 0) is 6.54 Å². The van der Waals surface area contributed by atoms with Crippen LogP contribution in [0.25, 0.3) is 10.9 Å². The Hall–Kier alpha value is -2.55. The maximum atomic E-state index is 12.9. The van der Waals surface area contributed by atoms with Crippen LogP contribution in [-0.4, -0.2) is 10.5 Å². The SMILES string of the molecule is CCn1c(C(=O)Nc2ccc(C(C)C)cc2)c(C)c2ccccc21. The van der Waals surface area contributed by atoms with Crippen LogP contribution in [0.4, 0.5) is 5.69 Å². The van der Waals surface area contributed by atoms with Crippen LogP contribution in [0.3, 0.4) is 0 Å². The van der Waals surface area contributed by atoms with Crippen LogP contribution in [0.1, 0.15) is 48.3 Å². The molecule has 3 aromatic rings. The number of anilines is 1. The first kappa shape index (κ1) is 16.3. The number of hydrogen-bond donors (Lipinski definition) is 1. The molecular formula is C21H24N2O. The van der Waals surface area contributed by atoms with Gasteiger partial charge >= 0.3 is 0 Å². The first-order valence-corrected chi connectivity index (χ1v) is 8.52. The molecule has 1 N–H and O–H groups in total. The Morgan fingerprint density at radius 2 is 1.75 bits per heavy atom. The molecule has 1 heterocycles. The standard InChI is InChI=1S/C21H24N2O/c1-5-23-19-9-7-6-8-18(19)15(4)20(23)21(24)22-17-12-10-16(11-13-17)14(2)3/h6-14H,5H2,1-4H3,(H,22,24). The van der Waals surface area contributed by atoms with Crippen LogP contribution in [0.2, 0.25) is 0 Å². The molecule has 0 saturated heterocycles. The van der Waals surface area contributed by atoms with Crippen molar-refractivity contribution < 1.29 is 4.79 Å². The fourth-order valence-electron chi connectivity index (χ4n) is 3.24. The maximum Gasteiger partial charge on any atom is 0.272 e. The fourth-order valence-corrected chi connectivity index (χ4v) is 3.24. The van der Waals surface area contributed by atoms with Gasteiger partial charge in [-0.2, -0.15) is 0 Å². The second-order valence-corrected chi connectivity index (χ2v) is 6.47. The van der Waals surface area contributed by atoms with E-state index in [0.717, 1.165) is 34.4 Å². The summed E-state index contributed by atoms with van der Waals surface area (Å²) in [6.07, 6.45) is 0. The minimum Gasteiger partial charge on any atom is -0.337 e. The molecule has 0 spiro atoms. The molecule has 3 rings (SSSR count). The van der Waals surface area contributed by atoms with E-state index >= 15 is 0 Å². The largest absolute Gasteiger partial charge is 0.337 e. The summed E-state index contributed by atoms with van der Waals surface area (Å²) in [6, 6.07) is 16.3. The number of amides is 1. The van der Waals surface area contributed by atoms with Crippen LogP contribution in [0, 0.1) is 6.92 Å². The third-order valence-electron chi connectivity index (χ3n) is 4.59. The van der Waals surface area contributed by atoms with Gasteiger partial charge in [-0.15, -0.1) is 0 Å². The smallest absolute Gasteiger partial charge is 0.272 e. The molecule has 0 radical (unpaired) electrons. The van der Waals surface area contributed by atoms with Gasteiger partial charge in [-0.25, -0.2) is 0 Å². The minimum absolute atomic E-state index is 0.0529. The van der Waals surface area contributed by atoms with Crippen molar-refractivity contribution >= 4 is 22.5 Å². The fraction of sp³-hybridized carbons (Fsp3) is 0.286. The van der Waals surface area contributed by atoms with Gasteiger partial charge in [0.25, 0.3) is 5.91 Å². The molecule has 0 fully saturated rings. The van der Waals surface area contributed by atoms with Crippen molar-refractivity contribution in [2.75, 3.05) is 5.32 Å². The number of nitrogens with zero attached hydrogens (tertiary/aromatic N) is 1. The second-order valence-electron chi connectivity index (χ2n) is 6.47. The molecule has 24 heavy (non-hydrogen) atoms. The highest BCUT2D eigenvalue weighted by Crippen LogP contribution is 2.26. The molecule has 0 unspecified atom stereocenters. The third kappa shape index (κ3) is 2.82. The summed E-state index contributed by atoms with van der Waals surface area (Å²) < 4.78 is 2.09. The Labute approximate surface area is 143 Å². The number of benzene rings is 2. The molecule has 0 aliphatic carbocycles. The number of fused-ring (bicyclic) bond motifs is 1. The highest BCUT2D eigenvalue weighted by molar-refractivity contribution is 6.08. The summed E-state index contributed by atoms with van der Waals surface area (Å²) >= 11 is 0. The average Bonchev–Trinajstić information content (AvgIpc) is 2.88. The van der Waals surface area contributed by atoms with Gasteiger partial charge in [-0.05, 0) is 49.1 Å². The molecule has 1 amide bonds. The normalized spacial score (nSPS) is 11.2. The van der Waals surface area contributed by atoms with Gasteiger partial charge in [0.05, 0.1) is 0 Å². The van der Waals surface area contributed by atoms with Crippen molar-refractivity contribution in [3.63, 3.8) is 0 Å². The molecule has 2 aromatic carbocycles. The Morgan fingerprint density at radius 3 is 2.38 bits per heavy atom. The topological polar surface area (TPSA) is 34.0 Å². The van der Waals surface area contributed by atoms with Crippen molar-refractivity contribution in [2.24, 2.45) is 0 Å². The summed E-state index contributed by atoms with van der Waals surface area (Å²) in [7, 11) is 0. The lowest BCUT2D eigenvalue weighted by Crippen LogP contribution is -2.17. The van der Waals surface area contributed by atoms with Gasteiger partial charge in [0, 0.05) is 23.1 Å². The number of aryl methyl sites for hydroxylation is 2. The summed E-state index contributed by atoms with van der Waals surface area (Å²) in [5, 5.41) is 4.18. The van der Waals surface area contributed by atoms with Gasteiger partial charge in [0.15, 0.2) is 0 Å². The first-order valence-electron chi connectivity index (χ1n) is 8.52. The third-order valence-corrected chi connectivity index (χ3v) is 4.59. The van der Waals surface area contributed by atoms with Crippen molar-refractivity contribution in [3.8, 4) is 0 Å². The molecule has 1 aromatic heterocycles. The molecule has 124 valence electrons. The quantitative estimate of drug-likeness (QED) is 0.691. The van der Waals surface area contributed by atoms with E-state index in [1.165, 1.54) is 5.56 Å². The van der Waals surface area contributed by atoms with Crippen molar-refractivity contribution in [1.82, 2.24) is 4.57 Å². The van der Waals surface area contributed by atoms with Crippen molar-refractivity contribution in [3.05, 3.63) is 65.4 Å². The Kier molecular flexibility index (Phi) is 4.43. The number of nitrogens with one attached hydrogen (secondary N) is 1. The number of hydrogen-bond acceptors (Lipinski definition) is 1. The zero-order valence-corrected chi connectivity index (χ0v) is 14.8. The molecule has 0 aliphatic heterocycles. The van der Waals surface area contributed by atoms with Gasteiger partial charge in [0.1, 0.15) is 5.69 Å². The zero-order valence-electron chi connectivity index (χ0n) is 14.8. The molecule has 3 heteroatoms. The summed E-state index contributed by atoms with van der Waals surface area (Å²) in [5.74, 6) is 0.433. The predicted octanol–water partition coefficient (Wildman–Crippen LogP) is 5.35. The summed E-state index contributed by atoms with van der Waals surface area (Å²) in [4.78, 5) is 12.9. The summed E-state index contributed by atoms with van der Waals surface area (Å²) in [5.41, 5.74) is 4.98. The lowest BCUT2D eigenvalue weighted by atomic mass is 10.0. The number of rotatable bonds is 4. The monoisotopic (exact) mass is 320 g/mol. The van der Waals surface area contributed by atoms with Crippen molar-refractivity contribution in [1.29, 1.82) is 0 Å². The molecule has 3 nitrogen and oxygen atoms in total. The van der Waals surface area contributed by atoms with Crippen molar-refractivity contribution in [2.45, 2.75) is 40.2 Å². The predicted molar refractivity (Wildman–Crippen MR) is 101 cm³/mol. The Bertz CT molecular complexity index is 873. The van der Waals surface area contributed by atoms with Crippen LogP contribution >= 0.6 is 0 Å². The Balaban J connectivity index is 1.95. The van der Waals surface area contributed by atoms with Gasteiger partial charge in [0.2, 0.25) is 0 Å². The van der Waals surface area contributed by atoms with E-state index < -0.39 is 0 Å². The van der Waals surface area contributed by atoms with Crippen LogP contribution in [0.5, 0.6) is 0 Å². The lowest BCUT2D eigenvalue weighted by Gasteiger charge is -2.11. The average molecular weight is 320 g/mol. The number of aromatic nitrogens is 1. The Morgan fingerprint density at radius 1 is 1.08 bits per heavy atom. The highest BCUT2D eigenvalue weighted by atomic mass is 16.2. The second kappa shape index (κ2) is 6.52. The maximum absolute atomic E-state index is 12.9. The lowest BCUT2D eigenvalue weighted by molar-refractivity contribution is 0.101. The zero-order chi connectivity index (χ0) is 17.3. The van der Waals surface area contributed by atoms with E-state index in [1.807, 2.05) is 31.2 Å². The molecule has 0 atom stereocenters. The van der Waals surface area contributed by atoms with E-state index in [2.05, 4.69) is 54.9 Å². The van der Waals surface area contributed by atoms with E-state index in [4.69, 9.17) is 0 Å². The van der Waals surface area contributed by atoms with Crippen LogP contribution < -0.4 is 5.32 Å². The first-order chi connectivity index (χ1) is 11.5.